The Bertz CT molecular complexity index is 704. The molecule has 0 aliphatic rings. The highest BCUT2D eigenvalue weighted by molar-refractivity contribution is 9.11. The number of nitrogens with zero attached hydrogens (tertiary/aromatic N) is 2. The standard InChI is InChI=1S/C10H6BrN3O4S2/c11-9-7(13(15)16)8(14(17)18)10(20-9)19-6-4-2-1-3-5(6)12/h1-4H,12H2. The Labute approximate surface area is 129 Å². The zero-order valence-corrected chi connectivity index (χ0v) is 12.8. The number of hydrogen-bond donors (Lipinski definition) is 1. The highest BCUT2D eigenvalue weighted by Crippen LogP contribution is 2.51. The Morgan fingerprint density at radius 3 is 2.30 bits per heavy atom. The maximum absolute atomic E-state index is 11.1. The van der Waals surface area contributed by atoms with E-state index in [-0.39, 0.29) is 8.00 Å². The van der Waals surface area contributed by atoms with Crippen molar-refractivity contribution in [3.63, 3.8) is 0 Å². The molecule has 1 heterocycles. The summed E-state index contributed by atoms with van der Waals surface area (Å²) in [5, 5.41) is 22.0. The van der Waals surface area contributed by atoms with Crippen molar-refractivity contribution in [2.45, 2.75) is 9.10 Å². The van der Waals surface area contributed by atoms with E-state index in [1.807, 2.05) is 0 Å². The number of nitrogens with two attached hydrogens (primary N) is 1. The van der Waals surface area contributed by atoms with Crippen LogP contribution >= 0.6 is 39.0 Å². The summed E-state index contributed by atoms with van der Waals surface area (Å²) in [4.78, 5) is 21.1. The summed E-state index contributed by atoms with van der Waals surface area (Å²) in [6, 6.07) is 6.83. The van der Waals surface area contributed by atoms with E-state index in [9.17, 15) is 20.2 Å². The summed E-state index contributed by atoms with van der Waals surface area (Å²) in [7, 11) is 0. The first-order valence-corrected chi connectivity index (χ1v) is 7.48. The van der Waals surface area contributed by atoms with Crippen molar-refractivity contribution in [2.75, 3.05) is 5.73 Å². The van der Waals surface area contributed by atoms with Crippen molar-refractivity contribution in [1.82, 2.24) is 0 Å². The van der Waals surface area contributed by atoms with Gasteiger partial charge >= 0.3 is 11.4 Å². The smallest absolute Gasteiger partial charge is 0.372 e. The Balaban J connectivity index is 2.53. The number of para-hydroxylation sites is 1. The largest absolute Gasteiger partial charge is 0.398 e. The minimum Gasteiger partial charge on any atom is -0.398 e. The minimum absolute atomic E-state index is 0.117. The van der Waals surface area contributed by atoms with Crippen LogP contribution in [0, 0.1) is 20.2 Å². The molecule has 0 bridgehead atoms. The summed E-state index contributed by atoms with van der Waals surface area (Å²) in [6.45, 7) is 0. The van der Waals surface area contributed by atoms with E-state index in [4.69, 9.17) is 5.73 Å². The van der Waals surface area contributed by atoms with Gasteiger partial charge in [0.05, 0.1) is 9.85 Å². The molecule has 0 unspecified atom stereocenters. The van der Waals surface area contributed by atoms with Crippen LogP contribution < -0.4 is 5.73 Å². The molecule has 2 aromatic rings. The molecule has 0 saturated carbocycles. The van der Waals surface area contributed by atoms with Crippen molar-refractivity contribution in [3.05, 3.63) is 48.3 Å². The van der Waals surface area contributed by atoms with Crippen molar-refractivity contribution in [1.29, 1.82) is 0 Å². The van der Waals surface area contributed by atoms with Gasteiger partial charge in [0.15, 0.2) is 8.00 Å². The average molecular weight is 376 g/mol. The molecule has 0 radical (unpaired) electrons. The molecule has 104 valence electrons. The molecule has 0 atom stereocenters. The number of anilines is 1. The number of nitro groups is 2. The van der Waals surface area contributed by atoms with Crippen molar-refractivity contribution in [2.24, 2.45) is 0 Å². The van der Waals surface area contributed by atoms with Crippen molar-refractivity contribution in [3.8, 4) is 0 Å². The van der Waals surface area contributed by atoms with Gasteiger partial charge in [-0.25, -0.2) is 0 Å². The second-order valence-electron chi connectivity index (χ2n) is 3.51. The van der Waals surface area contributed by atoms with Gasteiger partial charge in [-0.2, -0.15) is 0 Å². The predicted octanol–water partition coefficient (Wildman–Crippen LogP) is 4.06. The first-order chi connectivity index (χ1) is 9.41. The van der Waals surface area contributed by atoms with Gasteiger partial charge in [0, 0.05) is 10.6 Å². The average Bonchev–Trinajstić information content (AvgIpc) is 2.69. The fourth-order valence-electron chi connectivity index (χ4n) is 1.43. The molecule has 0 fully saturated rings. The van der Waals surface area contributed by atoms with Crippen LogP contribution in [0.5, 0.6) is 0 Å². The van der Waals surface area contributed by atoms with Gasteiger partial charge in [-0.3, -0.25) is 20.2 Å². The molecular weight excluding hydrogens is 370 g/mol. The second kappa shape index (κ2) is 5.77. The van der Waals surface area contributed by atoms with Gasteiger partial charge in [0.2, 0.25) is 0 Å². The van der Waals surface area contributed by atoms with E-state index in [0.717, 1.165) is 23.1 Å². The quantitative estimate of drug-likeness (QED) is 0.489. The Hall–Kier alpha value is -1.65. The maximum atomic E-state index is 11.1. The Morgan fingerprint density at radius 1 is 1.15 bits per heavy atom. The third kappa shape index (κ3) is 2.76. The fraction of sp³-hybridized carbons (Fsp3) is 0. The monoisotopic (exact) mass is 375 g/mol. The van der Waals surface area contributed by atoms with Crippen LogP contribution in [-0.4, -0.2) is 9.85 Å². The molecule has 0 spiro atoms. The summed E-state index contributed by atoms with van der Waals surface area (Å²) >= 11 is 4.98. The van der Waals surface area contributed by atoms with Crippen LogP contribution in [0.2, 0.25) is 0 Å². The van der Waals surface area contributed by atoms with Crippen molar-refractivity contribution >= 4 is 56.1 Å². The molecule has 0 aliphatic heterocycles. The fourth-order valence-corrected chi connectivity index (χ4v) is 4.75. The lowest BCUT2D eigenvalue weighted by Gasteiger charge is -2.01. The molecule has 0 saturated heterocycles. The molecule has 7 nitrogen and oxygen atoms in total. The van der Waals surface area contributed by atoms with E-state index >= 15 is 0 Å². The summed E-state index contributed by atoms with van der Waals surface area (Å²) in [5.74, 6) is 0. The van der Waals surface area contributed by atoms with Crippen LogP contribution in [-0.2, 0) is 0 Å². The number of nitrogen functional groups attached to an aromatic ring is 1. The third-order valence-corrected chi connectivity index (χ3v) is 5.36. The van der Waals surface area contributed by atoms with Gasteiger partial charge < -0.3 is 5.73 Å². The molecule has 2 N–H and O–H groups in total. The summed E-state index contributed by atoms with van der Waals surface area (Å²) in [6.07, 6.45) is 0. The van der Waals surface area contributed by atoms with Gasteiger partial charge in [-0.1, -0.05) is 23.9 Å². The Morgan fingerprint density at radius 2 is 1.75 bits per heavy atom. The molecule has 10 heteroatoms. The van der Waals surface area contributed by atoms with Gasteiger partial charge in [-0.15, -0.1) is 11.3 Å². The highest BCUT2D eigenvalue weighted by atomic mass is 79.9. The maximum Gasteiger partial charge on any atom is 0.372 e. The van der Waals surface area contributed by atoms with E-state index in [2.05, 4.69) is 15.9 Å². The van der Waals surface area contributed by atoms with Crippen LogP contribution in [0.3, 0.4) is 0 Å². The lowest BCUT2D eigenvalue weighted by atomic mass is 10.3. The molecule has 0 amide bonds. The van der Waals surface area contributed by atoms with E-state index in [1.54, 1.807) is 24.3 Å². The van der Waals surface area contributed by atoms with E-state index in [0.29, 0.717) is 10.6 Å². The zero-order valence-electron chi connectivity index (χ0n) is 9.61. The molecular formula is C10H6BrN3O4S2. The molecule has 0 aliphatic carbocycles. The lowest BCUT2D eigenvalue weighted by molar-refractivity contribution is -0.423. The van der Waals surface area contributed by atoms with Gasteiger partial charge in [0.1, 0.15) is 0 Å². The topological polar surface area (TPSA) is 112 Å². The molecule has 2 rings (SSSR count). The van der Waals surface area contributed by atoms with Crippen LogP contribution in [0.1, 0.15) is 0 Å². The van der Waals surface area contributed by atoms with E-state index in [1.165, 1.54) is 0 Å². The number of thiophene rings is 1. The van der Waals surface area contributed by atoms with Crippen molar-refractivity contribution < 1.29 is 9.85 Å². The minimum atomic E-state index is -0.767. The van der Waals surface area contributed by atoms with Crippen LogP contribution in [0.15, 0.2) is 37.2 Å². The number of rotatable bonds is 4. The summed E-state index contributed by atoms with van der Waals surface area (Å²) < 4.78 is 0.331. The first-order valence-electron chi connectivity index (χ1n) is 5.05. The summed E-state index contributed by atoms with van der Waals surface area (Å²) in [5.41, 5.74) is 5.18. The third-order valence-electron chi connectivity index (χ3n) is 2.27. The number of hydrogen-bond acceptors (Lipinski definition) is 7. The van der Waals surface area contributed by atoms with E-state index < -0.39 is 21.2 Å². The molecule has 1 aromatic heterocycles. The molecule has 1 aromatic carbocycles. The van der Waals surface area contributed by atoms with Crippen LogP contribution in [0.25, 0.3) is 0 Å². The Kier molecular flexibility index (Phi) is 4.26. The number of halogens is 1. The highest BCUT2D eigenvalue weighted by Gasteiger charge is 2.36. The van der Waals surface area contributed by atoms with Gasteiger partial charge in [0.25, 0.3) is 0 Å². The van der Waals surface area contributed by atoms with Crippen LogP contribution in [0.4, 0.5) is 17.1 Å². The molecule has 20 heavy (non-hydrogen) atoms. The number of benzene rings is 1. The first kappa shape index (κ1) is 14.8. The van der Waals surface area contributed by atoms with Gasteiger partial charge in [-0.05, 0) is 28.1 Å². The normalized spacial score (nSPS) is 10.4. The second-order valence-corrected chi connectivity index (χ2v) is 7.16. The SMILES string of the molecule is Nc1ccccc1Sc1sc(Br)c([N+](=O)[O-])c1[N+](=O)[O-]. The zero-order chi connectivity index (χ0) is 14.9. The predicted molar refractivity (Wildman–Crippen MR) is 80.3 cm³/mol. The lowest BCUT2D eigenvalue weighted by Crippen LogP contribution is -1.94.